The number of nitrogens with zero attached hydrogens (tertiary/aromatic N) is 3. The molecule has 2 aromatic rings. The van der Waals surface area contributed by atoms with E-state index < -0.39 is 5.97 Å². The van der Waals surface area contributed by atoms with Crippen LogP contribution in [-0.4, -0.2) is 31.4 Å². The second-order valence-corrected chi connectivity index (χ2v) is 6.06. The van der Waals surface area contributed by atoms with Crippen molar-refractivity contribution >= 4 is 29.1 Å². The van der Waals surface area contributed by atoms with E-state index in [1.165, 1.54) is 11.8 Å². The van der Waals surface area contributed by atoms with Crippen LogP contribution in [0.4, 0.5) is 0 Å². The molecule has 0 spiro atoms. The third kappa shape index (κ3) is 4.07. The van der Waals surface area contributed by atoms with Crippen LogP contribution in [0.5, 0.6) is 0 Å². The van der Waals surface area contributed by atoms with Crippen LogP contribution in [0.15, 0.2) is 16.7 Å². The summed E-state index contributed by atoms with van der Waals surface area (Å²) in [6.07, 6.45) is 2.79. The Balaban J connectivity index is 2.00. The first kappa shape index (κ1) is 14.1. The molecule has 0 saturated heterocycles. The predicted octanol–water partition coefficient (Wildman–Crippen LogP) is 2.38. The van der Waals surface area contributed by atoms with E-state index in [4.69, 9.17) is 5.11 Å². The van der Waals surface area contributed by atoms with Gasteiger partial charge in [-0.25, -0.2) is 9.97 Å². The van der Waals surface area contributed by atoms with Crippen molar-refractivity contribution in [2.45, 2.75) is 32.0 Å². The fourth-order valence-corrected chi connectivity index (χ4v) is 3.20. The number of hydrogen-bond acceptors (Lipinski definition) is 5. The van der Waals surface area contributed by atoms with Crippen LogP contribution in [0.25, 0.3) is 0 Å². The van der Waals surface area contributed by atoms with Crippen LogP contribution >= 0.6 is 23.1 Å². The molecule has 0 fully saturated rings. The summed E-state index contributed by atoms with van der Waals surface area (Å²) in [5, 5.41) is 12.6. The van der Waals surface area contributed by atoms with Crippen LogP contribution in [0.2, 0.25) is 0 Å². The normalized spacial score (nSPS) is 10.8. The van der Waals surface area contributed by atoms with E-state index in [0.717, 1.165) is 34.5 Å². The number of carboxylic acid groups (broad SMARTS) is 1. The molecule has 0 saturated carbocycles. The standard InChI is InChI=1S/C12H15N3O2S2/c1-8-5-15(12(14-8)19-7-11(16)17)4-3-10-13-9(2)6-18-10/h5-6H,3-4,7H2,1-2H3,(H,16,17). The van der Waals surface area contributed by atoms with Gasteiger partial charge in [-0.2, -0.15) is 0 Å². The Hall–Kier alpha value is -1.34. The van der Waals surface area contributed by atoms with E-state index in [-0.39, 0.29) is 5.75 Å². The molecule has 0 aliphatic carbocycles. The second kappa shape index (κ2) is 6.21. The maximum Gasteiger partial charge on any atom is 0.313 e. The van der Waals surface area contributed by atoms with Crippen molar-refractivity contribution in [3.8, 4) is 0 Å². The summed E-state index contributed by atoms with van der Waals surface area (Å²) in [5.41, 5.74) is 1.95. The van der Waals surface area contributed by atoms with Crippen LogP contribution < -0.4 is 0 Å². The van der Waals surface area contributed by atoms with Gasteiger partial charge in [-0.1, -0.05) is 11.8 Å². The third-order valence-electron chi connectivity index (χ3n) is 2.42. The average Bonchev–Trinajstić information content (AvgIpc) is 2.90. The Kier molecular flexibility index (Phi) is 4.60. The fourth-order valence-electron chi connectivity index (χ4n) is 1.66. The smallest absolute Gasteiger partial charge is 0.313 e. The largest absolute Gasteiger partial charge is 0.481 e. The summed E-state index contributed by atoms with van der Waals surface area (Å²) in [4.78, 5) is 19.4. The molecule has 0 unspecified atom stereocenters. The zero-order valence-electron chi connectivity index (χ0n) is 10.8. The van der Waals surface area contributed by atoms with Gasteiger partial charge in [0, 0.05) is 30.2 Å². The van der Waals surface area contributed by atoms with Gasteiger partial charge >= 0.3 is 5.97 Å². The van der Waals surface area contributed by atoms with E-state index in [9.17, 15) is 4.79 Å². The monoisotopic (exact) mass is 297 g/mol. The summed E-state index contributed by atoms with van der Waals surface area (Å²) in [5.74, 6) is -0.792. The number of imidazole rings is 1. The van der Waals surface area contributed by atoms with Gasteiger partial charge < -0.3 is 9.67 Å². The molecule has 0 amide bonds. The highest BCUT2D eigenvalue weighted by Crippen LogP contribution is 2.18. The minimum atomic E-state index is -0.826. The molecule has 0 aliphatic heterocycles. The van der Waals surface area contributed by atoms with Crippen molar-refractivity contribution in [2.75, 3.05) is 5.75 Å². The number of hydrogen-bond donors (Lipinski definition) is 1. The summed E-state index contributed by atoms with van der Waals surface area (Å²) in [6, 6.07) is 0. The molecule has 0 bridgehead atoms. The van der Waals surface area contributed by atoms with Gasteiger partial charge in [0.1, 0.15) is 0 Å². The van der Waals surface area contributed by atoms with Gasteiger partial charge in [0.15, 0.2) is 5.16 Å². The summed E-state index contributed by atoms with van der Waals surface area (Å²) < 4.78 is 2.00. The minimum absolute atomic E-state index is 0.0345. The number of aryl methyl sites for hydroxylation is 4. The maximum absolute atomic E-state index is 10.6. The van der Waals surface area contributed by atoms with E-state index in [1.54, 1.807) is 11.3 Å². The number of aliphatic carboxylic acids is 1. The van der Waals surface area contributed by atoms with E-state index in [1.807, 2.05) is 30.0 Å². The van der Waals surface area contributed by atoms with Crippen molar-refractivity contribution in [1.82, 2.24) is 14.5 Å². The van der Waals surface area contributed by atoms with Crippen molar-refractivity contribution in [1.29, 1.82) is 0 Å². The van der Waals surface area contributed by atoms with Crippen molar-refractivity contribution < 1.29 is 9.90 Å². The Bertz CT molecular complexity index is 577. The van der Waals surface area contributed by atoms with Crippen LogP contribution in [-0.2, 0) is 17.8 Å². The summed E-state index contributed by atoms with van der Waals surface area (Å²) >= 11 is 2.91. The lowest BCUT2D eigenvalue weighted by Crippen LogP contribution is -2.04. The molecule has 0 radical (unpaired) electrons. The Morgan fingerprint density at radius 3 is 2.84 bits per heavy atom. The highest BCUT2D eigenvalue weighted by molar-refractivity contribution is 7.99. The van der Waals surface area contributed by atoms with Crippen molar-refractivity contribution in [3.63, 3.8) is 0 Å². The maximum atomic E-state index is 10.6. The molecule has 2 aromatic heterocycles. The molecule has 2 rings (SSSR count). The summed E-state index contributed by atoms with van der Waals surface area (Å²) in [6.45, 7) is 4.67. The lowest BCUT2D eigenvalue weighted by molar-refractivity contribution is -0.133. The van der Waals surface area contributed by atoms with Gasteiger partial charge in [0.2, 0.25) is 0 Å². The van der Waals surface area contributed by atoms with Crippen molar-refractivity contribution in [3.05, 3.63) is 28.0 Å². The number of carboxylic acids is 1. The molecule has 2 heterocycles. The summed E-state index contributed by atoms with van der Waals surface area (Å²) in [7, 11) is 0. The van der Waals surface area contributed by atoms with Crippen LogP contribution in [0, 0.1) is 13.8 Å². The number of rotatable bonds is 6. The number of carbonyl (C=O) groups is 1. The van der Waals surface area contributed by atoms with Crippen LogP contribution in [0.1, 0.15) is 16.4 Å². The first-order valence-corrected chi connectivity index (χ1v) is 7.70. The van der Waals surface area contributed by atoms with E-state index in [0.29, 0.717) is 0 Å². The van der Waals surface area contributed by atoms with E-state index in [2.05, 4.69) is 9.97 Å². The SMILES string of the molecule is Cc1csc(CCn2cc(C)nc2SCC(=O)O)n1. The first-order valence-electron chi connectivity index (χ1n) is 5.84. The lowest BCUT2D eigenvalue weighted by Gasteiger charge is -2.04. The molecule has 102 valence electrons. The van der Waals surface area contributed by atoms with Gasteiger partial charge in [0.25, 0.3) is 0 Å². The number of aromatic nitrogens is 3. The molecular formula is C12H15N3O2S2. The Labute approximate surface area is 119 Å². The van der Waals surface area contributed by atoms with Crippen LogP contribution in [0.3, 0.4) is 0 Å². The lowest BCUT2D eigenvalue weighted by atomic mass is 10.4. The minimum Gasteiger partial charge on any atom is -0.481 e. The molecule has 1 N–H and O–H groups in total. The third-order valence-corrected chi connectivity index (χ3v) is 4.42. The van der Waals surface area contributed by atoms with Gasteiger partial charge in [0.05, 0.1) is 16.5 Å². The molecule has 7 heteroatoms. The molecule has 0 aliphatic rings. The number of thioether (sulfide) groups is 1. The van der Waals surface area contributed by atoms with Crippen molar-refractivity contribution in [2.24, 2.45) is 0 Å². The highest BCUT2D eigenvalue weighted by atomic mass is 32.2. The van der Waals surface area contributed by atoms with E-state index >= 15 is 0 Å². The molecule has 5 nitrogen and oxygen atoms in total. The molecular weight excluding hydrogens is 282 g/mol. The Morgan fingerprint density at radius 1 is 1.42 bits per heavy atom. The van der Waals surface area contributed by atoms with Gasteiger partial charge in [-0.05, 0) is 13.8 Å². The molecule has 19 heavy (non-hydrogen) atoms. The topological polar surface area (TPSA) is 68.0 Å². The van der Waals surface area contributed by atoms with Gasteiger partial charge in [-0.3, -0.25) is 4.79 Å². The second-order valence-electron chi connectivity index (χ2n) is 4.17. The Morgan fingerprint density at radius 2 is 2.21 bits per heavy atom. The zero-order chi connectivity index (χ0) is 13.8. The highest BCUT2D eigenvalue weighted by Gasteiger charge is 2.09. The van der Waals surface area contributed by atoms with Gasteiger partial charge in [-0.15, -0.1) is 11.3 Å². The molecule has 0 aromatic carbocycles. The first-order chi connectivity index (χ1) is 9.04. The quantitative estimate of drug-likeness (QED) is 0.829. The predicted molar refractivity (Wildman–Crippen MR) is 75.9 cm³/mol. The zero-order valence-corrected chi connectivity index (χ0v) is 12.4. The number of thiazole rings is 1. The molecule has 0 atom stereocenters. The average molecular weight is 297 g/mol. The fraction of sp³-hybridized carbons (Fsp3) is 0.417.